The molecular formula is C11H16N4O3S. The van der Waals surface area contributed by atoms with E-state index in [-0.39, 0.29) is 23.2 Å². The van der Waals surface area contributed by atoms with Gasteiger partial charge in [-0.25, -0.2) is 4.79 Å². The summed E-state index contributed by atoms with van der Waals surface area (Å²) < 4.78 is 8.70. The number of aromatic nitrogens is 1. The summed E-state index contributed by atoms with van der Waals surface area (Å²) in [6.07, 6.45) is 1.61. The third-order valence-corrected chi connectivity index (χ3v) is 4.12. The SMILES string of the molecule is COC(=O)c1c(N)nsc1N1CCCC(C(N)=O)C1. The molecule has 1 fully saturated rings. The molecule has 2 heterocycles. The smallest absolute Gasteiger partial charge is 0.344 e. The Kier molecular flexibility index (Phi) is 3.89. The molecule has 104 valence electrons. The zero-order chi connectivity index (χ0) is 14.0. The number of nitrogen functional groups attached to an aromatic ring is 1. The molecule has 0 aliphatic carbocycles. The molecule has 0 aromatic carbocycles. The Hall–Kier alpha value is -1.83. The molecule has 4 N–H and O–H groups in total. The van der Waals surface area contributed by atoms with Gasteiger partial charge in [-0.2, -0.15) is 4.37 Å². The van der Waals surface area contributed by atoms with E-state index >= 15 is 0 Å². The van der Waals surface area contributed by atoms with E-state index in [0.717, 1.165) is 30.9 Å². The Morgan fingerprint density at radius 2 is 2.26 bits per heavy atom. The molecule has 1 amide bonds. The minimum absolute atomic E-state index is 0.160. The van der Waals surface area contributed by atoms with Crippen molar-refractivity contribution in [1.29, 1.82) is 0 Å². The van der Waals surface area contributed by atoms with Gasteiger partial charge < -0.3 is 21.1 Å². The van der Waals surface area contributed by atoms with Gasteiger partial charge in [0.05, 0.1) is 13.0 Å². The van der Waals surface area contributed by atoms with E-state index in [0.29, 0.717) is 11.5 Å². The summed E-state index contributed by atoms with van der Waals surface area (Å²) in [4.78, 5) is 24.9. The number of carbonyl (C=O) groups is 2. The number of esters is 1. The van der Waals surface area contributed by atoms with Crippen LogP contribution in [0, 0.1) is 5.92 Å². The van der Waals surface area contributed by atoms with Crippen LogP contribution < -0.4 is 16.4 Å². The largest absolute Gasteiger partial charge is 0.465 e. The van der Waals surface area contributed by atoms with Crippen molar-refractivity contribution >= 4 is 34.2 Å². The highest BCUT2D eigenvalue weighted by atomic mass is 32.1. The number of primary amides is 1. The van der Waals surface area contributed by atoms with E-state index in [1.165, 1.54) is 7.11 Å². The standard InChI is InChI=1S/C11H16N4O3S/c1-18-11(17)7-8(12)14-19-10(7)15-4-2-3-6(5-15)9(13)16/h6H,2-5H2,1H3,(H2,12,14)(H2,13,16). The van der Waals surface area contributed by atoms with E-state index in [9.17, 15) is 9.59 Å². The van der Waals surface area contributed by atoms with Crippen molar-refractivity contribution in [3.8, 4) is 0 Å². The molecule has 1 unspecified atom stereocenters. The van der Waals surface area contributed by atoms with Gasteiger partial charge in [-0.1, -0.05) is 0 Å². The Morgan fingerprint density at radius 3 is 2.89 bits per heavy atom. The summed E-state index contributed by atoms with van der Waals surface area (Å²) in [5, 5.41) is 0.648. The zero-order valence-corrected chi connectivity index (χ0v) is 11.4. The maximum Gasteiger partial charge on any atom is 0.344 e. The number of carbonyl (C=O) groups excluding carboxylic acids is 2. The van der Waals surface area contributed by atoms with Gasteiger partial charge in [0.15, 0.2) is 5.82 Å². The molecular weight excluding hydrogens is 268 g/mol. The molecule has 19 heavy (non-hydrogen) atoms. The summed E-state index contributed by atoms with van der Waals surface area (Å²) in [5.41, 5.74) is 11.3. The molecule has 7 nitrogen and oxygen atoms in total. The number of methoxy groups -OCH3 is 1. The highest BCUT2D eigenvalue weighted by Gasteiger charge is 2.29. The van der Waals surface area contributed by atoms with Crippen LogP contribution in [0.5, 0.6) is 0 Å². The minimum Gasteiger partial charge on any atom is -0.465 e. The number of hydrogen-bond acceptors (Lipinski definition) is 7. The van der Waals surface area contributed by atoms with Crippen LogP contribution in [0.2, 0.25) is 0 Å². The van der Waals surface area contributed by atoms with Crippen molar-refractivity contribution in [2.45, 2.75) is 12.8 Å². The molecule has 1 aliphatic heterocycles. The highest BCUT2D eigenvalue weighted by molar-refractivity contribution is 7.11. The molecule has 0 bridgehead atoms. The van der Waals surface area contributed by atoms with E-state index in [4.69, 9.17) is 16.2 Å². The molecule has 0 spiro atoms. The predicted octanol–water partition coefficient (Wildman–Crippen LogP) is 0.214. The Balaban J connectivity index is 2.26. The first-order valence-corrected chi connectivity index (χ1v) is 6.69. The lowest BCUT2D eigenvalue weighted by molar-refractivity contribution is -0.122. The van der Waals surface area contributed by atoms with Crippen molar-refractivity contribution in [1.82, 2.24) is 4.37 Å². The number of hydrogen-bond donors (Lipinski definition) is 2. The number of nitrogens with two attached hydrogens (primary N) is 2. The first-order valence-electron chi connectivity index (χ1n) is 5.92. The molecule has 8 heteroatoms. The number of rotatable bonds is 3. The van der Waals surface area contributed by atoms with Gasteiger partial charge in [-0.3, -0.25) is 4.79 Å². The first kappa shape index (κ1) is 13.6. The van der Waals surface area contributed by atoms with Crippen molar-refractivity contribution in [3.63, 3.8) is 0 Å². The first-order chi connectivity index (χ1) is 9.04. The number of anilines is 2. The summed E-state index contributed by atoms with van der Waals surface area (Å²) in [5.74, 6) is -0.875. The van der Waals surface area contributed by atoms with E-state index < -0.39 is 5.97 Å². The predicted molar refractivity (Wildman–Crippen MR) is 72.0 cm³/mol. The maximum absolute atomic E-state index is 11.7. The summed E-state index contributed by atoms with van der Waals surface area (Å²) in [7, 11) is 1.30. The highest BCUT2D eigenvalue weighted by Crippen LogP contribution is 2.33. The topological polar surface area (TPSA) is 112 Å². The quantitative estimate of drug-likeness (QED) is 0.768. The fourth-order valence-corrected chi connectivity index (χ4v) is 3.03. The molecule has 1 atom stereocenters. The van der Waals surface area contributed by atoms with Crippen molar-refractivity contribution < 1.29 is 14.3 Å². The molecule has 1 aliphatic rings. The van der Waals surface area contributed by atoms with E-state index in [2.05, 4.69) is 4.37 Å². The van der Waals surface area contributed by atoms with E-state index in [1.807, 2.05) is 4.90 Å². The summed E-state index contributed by atoms with van der Waals surface area (Å²) >= 11 is 1.14. The van der Waals surface area contributed by atoms with Gasteiger partial charge in [0.1, 0.15) is 10.6 Å². The van der Waals surface area contributed by atoms with Crippen LogP contribution in [0.1, 0.15) is 23.2 Å². The van der Waals surface area contributed by atoms with Gasteiger partial charge in [0.25, 0.3) is 0 Å². The van der Waals surface area contributed by atoms with Crippen LogP contribution in [0.4, 0.5) is 10.8 Å². The average molecular weight is 284 g/mol. The molecule has 1 aromatic rings. The Bertz CT molecular complexity index is 502. The fraction of sp³-hybridized carbons (Fsp3) is 0.545. The summed E-state index contributed by atoms with van der Waals surface area (Å²) in [6.45, 7) is 1.23. The molecule has 0 saturated carbocycles. The van der Waals surface area contributed by atoms with Crippen LogP contribution in [-0.4, -0.2) is 36.4 Å². The average Bonchev–Trinajstić information content (AvgIpc) is 2.80. The van der Waals surface area contributed by atoms with E-state index in [1.54, 1.807) is 0 Å². The second kappa shape index (κ2) is 5.43. The molecule has 1 aromatic heterocycles. The third-order valence-electron chi connectivity index (χ3n) is 3.20. The number of amides is 1. The second-order valence-corrected chi connectivity index (χ2v) is 5.18. The lowest BCUT2D eigenvalue weighted by Gasteiger charge is -2.31. The lowest BCUT2D eigenvalue weighted by Crippen LogP contribution is -2.41. The van der Waals surface area contributed by atoms with Crippen molar-refractivity contribution in [3.05, 3.63) is 5.56 Å². The maximum atomic E-state index is 11.7. The normalized spacial score (nSPS) is 19.2. The van der Waals surface area contributed by atoms with Gasteiger partial charge in [-0.05, 0) is 24.4 Å². The van der Waals surface area contributed by atoms with Gasteiger partial charge in [0.2, 0.25) is 5.91 Å². The monoisotopic (exact) mass is 284 g/mol. The molecule has 2 rings (SSSR count). The lowest BCUT2D eigenvalue weighted by atomic mass is 9.97. The Labute approximate surface area is 114 Å². The molecule has 0 radical (unpaired) electrons. The van der Waals surface area contributed by atoms with Crippen molar-refractivity contribution in [2.24, 2.45) is 11.7 Å². The van der Waals surface area contributed by atoms with Crippen LogP contribution >= 0.6 is 11.5 Å². The fourth-order valence-electron chi connectivity index (χ4n) is 2.20. The minimum atomic E-state index is -0.512. The number of nitrogens with zero attached hydrogens (tertiary/aromatic N) is 2. The number of ether oxygens (including phenoxy) is 1. The van der Waals surface area contributed by atoms with Crippen LogP contribution in [0.25, 0.3) is 0 Å². The van der Waals surface area contributed by atoms with Crippen LogP contribution in [0.15, 0.2) is 0 Å². The van der Waals surface area contributed by atoms with Crippen LogP contribution in [0.3, 0.4) is 0 Å². The van der Waals surface area contributed by atoms with Gasteiger partial charge >= 0.3 is 5.97 Å². The second-order valence-electron chi connectivity index (χ2n) is 4.43. The third kappa shape index (κ3) is 2.62. The summed E-state index contributed by atoms with van der Waals surface area (Å²) in [6, 6.07) is 0. The Morgan fingerprint density at radius 1 is 1.53 bits per heavy atom. The van der Waals surface area contributed by atoms with Gasteiger partial charge in [0, 0.05) is 13.1 Å². The number of piperidine rings is 1. The molecule has 1 saturated heterocycles. The van der Waals surface area contributed by atoms with Crippen molar-refractivity contribution in [2.75, 3.05) is 30.8 Å². The van der Waals surface area contributed by atoms with Gasteiger partial charge in [-0.15, -0.1) is 0 Å². The van der Waals surface area contributed by atoms with Crippen LogP contribution in [-0.2, 0) is 9.53 Å². The zero-order valence-electron chi connectivity index (χ0n) is 10.6.